The van der Waals surface area contributed by atoms with E-state index in [2.05, 4.69) is 10.6 Å². The van der Waals surface area contributed by atoms with Crippen molar-refractivity contribution in [3.8, 4) is 0 Å². The number of thiophene rings is 1. The molecular weight excluding hydrogens is 232 g/mol. The van der Waals surface area contributed by atoms with Crippen LogP contribution in [0.3, 0.4) is 0 Å². The molecule has 1 aromatic rings. The molecular formula is C10H13ClN2OS. The van der Waals surface area contributed by atoms with Gasteiger partial charge in [0, 0.05) is 11.4 Å². The van der Waals surface area contributed by atoms with Crippen LogP contribution in [0.15, 0.2) is 12.1 Å². The molecule has 0 spiro atoms. The summed E-state index contributed by atoms with van der Waals surface area (Å²) in [5.41, 5.74) is 0. The van der Waals surface area contributed by atoms with Crippen molar-refractivity contribution in [1.82, 2.24) is 10.6 Å². The minimum atomic E-state index is 0.139. The third kappa shape index (κ3) is 2.93. The molecule has 0 radical (unpaired) electrons. The Balaban J connectivity index is 1.80. The number of hydrogen-bond donors (Lipinski definition) is 2. The molecule has 1 aliphatic rings. The molecule has 3 nitrogen and oxygen atoms in total. The molecule has 0 aliphatic carbocycles. The highest BCUT2D eigenvalue weighted by molar-refractivity contribution is 7.16. The van der Waals surface area contributed by atoms with Crippen molar-refractivity contribution < 1.29 is 4.79 Å². The lowest BCUT2D eigenvalue weighted by molar-refractivity contribution is -0.124. The minimum Gasteiger partial charge on any atom is -0.351 e. The predicted octanol–water partition coefficient (Wildman–Crippen LogP) is 1.63. The van der Waals surface area contributed by atoms with Gasteiger partial charge in [-0.2, -0.15) is 0 Å². The highest BCUT2D eigenvalue weighted by Gasteiger charge is 2.21. The lowest BCUT2D eigenvalue weighted by atomic mass is 10.1. The molecule has 1 aromatic heterocycles. The standard InChI is InChI=1S/C10H13ClN2OS/c11-9-2-1-8(15-9)6-13-10(14)7-3-4-12-5-7/h1-2,7,12H,3-6H2,(H,13,14)/t7-/m1/s1. The molecule has 1 saturated heterocycles. The summed E-state index contributed by atoms with van der Waals surface area (Å²) >= 11 is 7.31. The maximum absolute atomic E-state index is 11.6. The Kier molecular flexibility index (Phi) is 3.61. The average molecular weight is 245 g/mol. The highest BCUT2D eigenvalue weighted by Crippen LogP contribution is 2.21. The van der Waals surface area contributed by atoms with Crippen LogP contribution in [0, 0.1) is 5.92 Å². The molecule has 1 fully saturated rings. The van der Waals surface area contributed by atoms with E-state index in [0.717, 1.165) is 28.7 Å². The van der Waals surface area contributed by atoms with Crippen molar-refractivity contribution in [2.24, 2.45) is 5.92 Å². The van der Waals surface area contributed by atoms with E-state index in [0.29, 0.717) is 6.54 Å². The lowest BCUT2D eigenvalue weighted by Crippen LogP contribution is -2.31. The molecule has 1 aliphatic heterocycles. The maximum atomic E-state index is 11.6. The minimum absolute atomic E-state index is 0.139. The van der Waals surface area contributed by atoms with E-state index >= 15 is 0 Å². The van der Waals surface area contributed by atoms with Crippen molar-refractivity contribution in [2.75, 3.05) is 13.1 Å². The molecule has 15 heavy (non-hydrogen) atoms. The molecule has 82 valence electrons. The quantitative estimate of drug-likeness (QED) is 0.849. The Morgan fingerprint density at radius 3 is 3.13 bits per heavy atom. The van der Waals surface area contributed by atoms with Gasteiger partial charge in [-0.05, 0) is 25.1 Å². The van der Waals surface area contributed by atoms with Gasteiger partial charge in [-0.15, -0.1) is 11.3 Å². The van der Waals surface area contributed by atoms with Crippen LogP contribution in [0.2, 0.25) is 4.34 Å². The van der Waals surface area contributed by atoms with Crippen LogP contribution in [0.4, 0.5) is 0 Å². The Morgan fingerprint density at radius 1 is 1.67 bits per heavy atom. The zero-order valence-electron chi connectivity index (χ0n) is 8.25. The van der Waals surface area contributed by atoms with Crippen LogP contribution in [0.25, 0.3) is 0 Å². The number of carbonyl (C=O) groups is 1. The summed E-state index contributed by atoms with van der Waals surface area (Å²) < 4.78 is 0.766. The van der Waals surface area contributed by atoms with Crippen LogP contribution in [0.1, 0.15) is 11.3 Å². The topological polar surface area (TPSA) is 41.1 Å². The summed E-state index contributed by atoms with van der Waals surface area (Å²) in [5.74, 6) is 0.282. The molecule has 2 rings (SSSR count). The zero-order valence-corrected chi connectivity index (χ0v) is 9.83. The first-order valence-corrected chi connectivity index (χ1v) is 6.18. The lowest BCUT2D eigenvalue weighted by Gasteiger charge is -2.08. The summed E-state index contributed by atoms with van der Waals surface area (Å²) in [5, 5.41) is 6.10. The number of carbonyl (C=O) groups excluding carboxylic acids is 1. The Labute approximate surface area is 97.8 Å². The maximum Gasteiger partial charge on any atom is 0.224 e. The van der Waals surface area contributed by atoms with Gasteiger partial charge in [0.2, 0.25) is 5.91 Å². The highest BCUT2D eigenvalue weighted by atomic mass is 35.5. The Morgan fingerprint density at radius 2 is 2.53 bits per heavy atom. The first-order chi connectivity index (χ1) is 7.25. The molecule has 1 amide bonds. The Bertz CT molecular complexity index is 347. The molecule has 1 atom stereocenters. The van der Waals surface area contributed by atoms with Gasteiger partial charge in [-0.3, -0.25) is 4.79 Å². The normalized spacial score (nSPS) is 20.5. The van der Waals surface area contributed by atoms with Crippen molar-refractivity contribution in [3.63, 3.8) is 0 Å². The third-order valence-electron chi connectivity index (χ3n) is 2.50. The number of hydrogen-bond acceptors (Lipinski definition) is 3. The molecule has 2 heterocycles. The van der Waals surface area contributed by atoms with E-state index in [-0.39, 0.29) is 11.8 Å². The summed E-state index contributed by atoms with van der Waals surface area (Å²) in [6, 6.07) is 3.80. The fourth-order valence-corrected chi connectivity index (χ4v) is 2.67. The monoisotopic (exact) mass is 244 g/mol. The van der Waals surface area contributed by atoms with Crippen molar-refractivity contribution in [2.45, 2.75) is 13.0 Å². The second kappa shape index (κ2) is 4.96. The van der Waals surface area contributed by atoms with Crippen molar-refractivity contribution in [3.05, 3.63) is 21.3 Å². The van der Waals surface area contributed by atoms with E-state index in [1.807, 2.05) is 12.1 Å². The second-order valence-corrected chi connectivity index (χ2v) is 5.41. The van der Waals surface area contributed by atoms with Crippen LogP contribution >= 0.6 is 22.9 Å². The van der Waals surface area contributed by atoms with Gasteiger partial charge in [0.05, 0.1) is 16.8 Å². The van der Waals surface area contributed by atoms with Gasteiger partial charge in [-0.25, -0.2) is 0 Å². The second-order valence-electron chi connectivity index (χ2n) is 3.61. The van der Waals surface area contributed by atoms with Gasteiger partial charge in [-0.1, -0.05) is 11.6 Å². The first kappa shape index (κ1) is 10.9. The number of halogens is 1. The molecule has 0 aromatic carbocycles. The fourth-order valence-electron chi connectivity index (χ4n) is 1.64. The van der Waals surface area contributed by atoms with Crippen LogP contribution in [0.5, 0.6) is 0 Å². The molecule has 2 N–H and O–H groups in total. The van der Waals surface area contributed by atoms with Crippen LogP contribution in [-0.4, -0.2) is 19.0 Å². The largest absolute Gasteiger partial charge is 0.351 e. The molecule has 0 unspecified atom stereocenters. The molecule has 0 saturated carbocycles. The number of rotatable bonds is 3. The predicted molar refractivity (Wildman–Crippen MR) is 62.2 cm³/mol. The van der Waals surface area contributed by atoms with Crippen LogP contribution < -0.4 is 10.6 Å². The SMILES string of the molecule is O=C(NCc1ccc(Cl)s1)[C@@H]1CCNC1. The van der Waals surface area contributed by atoms with E-state index in [9.17, 15) is 4.79 Å². The van der Waals surface area contributed by atoms with Gasteiger partial charge in [0.1, 0.15) is 0 Å². The van der Waals surface area contributed by atoms with Gasteiger partial charge in [0.25, 0.3) is 0 Å². The molecule has 0 bridgehead atoms. The van der Waals surface area contributed by atoms with E-state index in [1.165, 1.54) is 11.3 Å². The number of nitrogens with one attached hydrogen (secondary N) is 2. The van der Waals surface area contributed by atoms with Crippen molar-refractivity contribution in [1.29, 1.82) is 0 Å². The summed E-state index contributed by atoms with van der Waals surface area (Å²) in [6.07, 6.45) is 0.941. The van der Waals surface area contributed by atoms with Gasteiger partial charge in [0.15, 0.2) is 0 Å². The molecule has 5 heteroatoms. The summed E-state index contributed by atoms with van der Waals surface area (Å²) in [7, 11) is 0. The van der Waals surface area contributed by atoms with E-state index in [4.69, 9.17) is 11.6 Å². The van der Waals surface area contributed by atoms with E-state index in [1.54, 1.807) is 0 Å². The zero-order chi connectivity index (χ0) is 10.7. The van der Waals surface area contributed by atoms with E-state index < -0.39 is 0 Å². The summed E-state index contributed by atoms with van der Waals surface area (Å²) in [4.78, 5) is 12.7. The first-order valence-electron chi connectivity index (χ1n) is 4.98. The summed E-state index contributed by atoms with van der Waals surface area (Å²) in [6.45, 7) is 2.34. The Hall–Kier alpha value is -0.580. The van der Waals surface area contributed by atoms with Gasteiger partial charge >= 0.3 is 0 Å². The van der Waals surface area contributed by atoms with Crippen molar-refractivity contribution >= 4 is 28.8 Å². The third-order valence-corrected chi connectivity index (χ3v) is 3.73. The average Bonchev–Trinajstić information content (AvgIpc) is 2.84. The fraction of sp³-hybridized carbons (Fsp3) is 0.500. The van der Waals surface area contributed by atoms with Crippen LogP contribution in [-0.2, 0) is 11.3 Å². The van der Waals surface area contributed by atoms with Gasteiger partial charge < -0.3 is 10.6 Å². The number of amides is 1. The smallest absolute Gasteiger partial charge is 0.224 e.